The van der Waals surface area contributed by atoms with Gasteiger partial charge in [0.05, 0.1) is 41.8 Å². The standard InChI is InChI=1S/C17H12F2N2O4S/c1-24-14-6-10-13(7-15(14)25-2)20-8-12(19)17(10)26-16-4-3-9(21(22)23)5-11(16)18/h3-8H,1-2H3. The van der Waals surface area contributed by atoms with Gasteiger partial charge in [-0.05, 0) is 12.1 Å². The maximum absolute atomic E-state index is 14.4. The van der Waals surface area contributed by atoms with E-state index in [9.17, 15) is 18.9 Å². The summed E-state index contributed by atoms with van der Waals surface area (Å²) in [7, 11) is 2.91. The number of nitro groups is 1. The molecule has 9 heteroatoms. The van der Waals surface area contributed by atoms with Crippen LogP contribution in [-0.4, -0.2) is 24.1 Å². The van der Waals surface area contributed by atoms with E-state index >= 15 is 0 Å². The van der Waals surface area contributed by atoms with Gasteiger partial charge < -0.3 is 9.47 Å². The summed E-state index contributed by atoms with van der Waals surface area (Å²) in [4.78, 5) is 14.2. The number of non-ortho nitro benzene ring substituents is 1. The SMILES string of the molecule is COc1cc2ncc(F)c(Sc3ccc([N+](=O)[O-])cc3F)c2cc1OC. The summed E-state index contributed by atoms with van der Waals surface area (Å²) in [6.07, 6.45) is 1.03. The smallest absolute Gasteiger partial charge is 0.272 e. The number of methoxy groups -OCH3 is 2. The van der Waals surface area contributed by atoms with Crippen molar-refractivity contribution in [3.63, 3.8) is 0 Å². The van der Waals surface area contributed by atoms with E-state index in [1.165, 1.54) is 20.3 Å². The van der Waals surface area contributed by atoms with E-state index in [4.69, 9.17) is 9.47 Å². The third-order valence-corrected chi connectivity index (χ3v) is 4.79. The summed E-state index contributed by atoms with van der Waals surface area (Å²) < 4.78 is 39.0. The van der Waals surface area contributed by atoms with Crippen molar-refractivity contribution in [2.75, 3.05) is 14.2 Å². The molecule has 134 valence electrons. The van der Waals surface area contributed by atoms with Crippen LogP contribution in [0.2, 0.25) is 0 Å². The molecule has 3 aromatic rings. The summed E-state index contributed by atoms with van der Waals surface area (Å²) >= 11 is 0.814. The second-order valence-corrected chi connectivity index (χ2v) is 6.19. The number of benzene rings is 2. The van der Waals surface area contributed by atoms with Crippen LogP contribution in [0.1, 0.15) is 0 Å². The van der Waals surface area contributed by atoms with Crippen molar-refractivity contribution in [2.45, 2.75) is 9.79 Å². The molecule has 0 radical (unpaired) electrons. The number of halogens is 2. The topological polar surface area (TPSA) is 74.5 Å². The van der Waals surface area contributed by atoms with Crippen molar-refractivity contribution in [3.8, 4) is 11.5 Å². The fourth-order valence-corrected chi connectivity index (χ4v) is 3.31. The molecule has 0 saturated carbocycles. The number of aromatic nitrogens is 1. The van der Waals surface area contributed by atoms with Crippen molar-refractivity contribution in [1.82, 2.24) is 4.98 Å². The average molecular weight is 378 g/mol. The van der Waals surface area contributed by atoms with E-state index in [0.717, 1.165) is 30.1 Å². The Hall–Kier alpha value is -2.94. The van der Waals surface area contributed by atoms with E-state index in [1.807, 2.05) is 0 Å². The monoisotopic (exact) mass is 378 g/mol. The Labute approximate surface area is 150 Å². The molecule has 1 heterocycles. The van der Waals surface area contributed by atoms with Crippen LogP contribution in [0.5, 0.6) is 11.5 Å². The van der Waals surface area contributed by atoms with Gasteiger partial charge in [-0.25, -0.2) is 8.78 Å². The molecule has 0 aliphatic carbocycles. The van der Waals surface area contributed by atoms with E-state index in [-0.39, 0.29) is 15.5 Å². The lowest BCUT2D eigenvalue weighted by Crippen LogP contribution is -1.95. The van der Waals surface area contributed by atoms with E-state index in [0.29, 0.717) is 22.4 Å². The normalized spacial score (nSPS) is 10.8. The maximum atomic E-state index is 14.4. The van der Waals surface area contributed by atoms with Crippen LogP contribution in [0.15, 0.2) is 46.3 Å². The molecule has 0 amide bonds. The molecular formula is C17H12F2N2O4S. The molecular weight excluding hydrogens is 366 g/mol. The van der Waals surface area contributed by atoms with Crippen LogP contribution >= 0.6 is 11.8 Å². The van der Waals surface area contributed by atoms with Gasteiger partial charge in [-0.1, -0.05) is 11.8 Å². The molecule has 0 spiro atoms. The molecule has 3 rings (SSSR count). The van der Waals surface area contributed by atoms with Crippen LogP contribution in [0.4, 0.5) is 14.5 Å². The van der Waals surface area contributed by atoms with Crippen molar-refractivity contribution < 1.29 is 23.2 Å². The molecule has 6 nitrogen and oxygen atoms in total. The Bertz CT molecular complexity index is 1010. The van der Waals surface area contributed by atoms with Gasteiger partial charge in [0.2, 0.25) is 0 Å². The Morgan fingerprint density at radius 3 is 2.38 bits per heavy atom. The van der Waals surface area contributed by atoms with Crippen LogP contribution in [-0.2, 0) is 0 Å². The highest BCUT2D eigenvalue weighted by Crippen LogP contribution is 2.40. The van der Waals surface area contributed by atoms with Gasteiger partial charge in [0.15, 0.2) is 17.3 Å². The molecule has 0 aliphatic heterocycles. The lowest BCUT2D eigenvalue weighted by Gasteiger charge is -2.12. The quantitative estimate of drug-likeness (QED) is 0.478. The first kappa shape index (κ1) is 17.9. The van der Waals surface area contributed by atoms with Crippen molar-refractivity contribution in [2.24, 2.45) is 0 Å². The first-order chi connectivity index (χ1) is 12.4. The second-order valence-electron chi connectivity index (χ2n) is 5.13. The number of pyridine rings is 1. The molecule has 0 fully saturated rings. The van der Waals surface area contributed by atoms with Crippen molar-refractivity contribution in [1.29, 1.82) is 0 Å². The summed E-state index contributed by atoms with van der Waals surface area (Å²) in [6.45, 7) is 0. The summed E-state index contributed by atoms with van der Waals surface area (Å²) in [5, 5.41) is 11.1. The fraction of sp³-hybridized carbons (Fsp3) is 0.118. The van der Waals surface area contributed by atoms with Gasteiger partial charge in [-0.2, -0.15) is 0 Å². The first-order valence-electron chi connectivity index (χ1n) is 7.26. The van der Waals surface area contributed by atoms with Crippen LogP contribution in [0, 0.1) is 21.7 Å². The van der Waals surface area contributed by atoms with Crippen molar-refractivity contribution in [3.05, 3.63) is 58.3 Å². The van der Waals surface area contributed by atoms with Gasteiger partial charge in [-0.3, -0.25) is 15.1 Å². The Kier molecular flexibility index (Phi) is 4.90. The second kappa shape index (κ2) is 7.12. The summed E-state index contributed by atoms with van der Waals surface area (Å²) in [5.74, 6) is -0.656. The van der Waals surface area contributed by atoms with E-state index in [2.05, 4.69) is 4.98 Å². The third kappa shape index (κ3) is 3.25. The molecule has 0 N–H and O–H groups in total. The van der Waals surface area contributed by atoms with E-state index < -0.39 is 16.6 Å². The zero-order chi connectivity index (χ0) is 18.8. The summed E-state index contributed by atoms with van der Waals surface area (Å²) in [5.41, 5.74) is 0.0622. The van der Waals surface area contributed by atoms with Gasteiger partial charge in [-0.15, -0.1) is 0 Å². The van der Waals surface area contributed by atoms with Gasteiger partial charge in [0.25, 0.3) is 5.69 Å². The minimum atomic E-state index is -0.811. The van der Waals surface area contributed by atoms with Crippen molar-refractivity contribution >= 4 is 28.4 Å². The molecule has 0 bridgehead atoms. The highest BCUT2D eigenvalue weighted by molar-refractivity contribution is 7.99. The zero-order valence-electron chi connectivity index (χ0n) is 13.7. The number of hydrogen-bond acceptors (Lipinski definition) is 6. The lowest BCUT2D eigenvalue weighted by atomic mass is 10.2. The predicted octanol–water partition coefficient (Wildman–Crippen LogP) is 4.59. The zero-order valence-corrected chi connectivity index (χ0v) is 14.5. The Morgan fingerprint density at radius 2 is 1.77 bits per heavy atom. The van der Waals surface area contributed by atoms with Gasteiger partial charge >= 0.3 is 0 Å². The molecule has 0 saturated heterocycles. The first-order valence-corrected chi connectivity index (χ1v) is 8.08. The highest BCUT2D eigenvalue weighted by Gasteiger charge is 2.18. The number of rotatable bonds is 5. The van der Waals surface area contributed by atoms with Crippen LogP contribution in [0.25, 0.3) is 10.9 Å². The minimum Gasteiger partial charge on any atom is -0.493 e. The molecule has 1 aromatic heterocycles. The molecule has 26 heavy (non-hydrogen) atoms. The number of hydrogen-bond donors (Lipinski definition) is 0. The number of nitro benzene ring substituents is 1. The lowest BCUT2D eigenvalue weighted by molar-refractivity contribution is -0.385. The Morgan fingerprint density at radius 1 is 1.08 bits per heavy atom. The van der Waals surface area contributed by atoms with Crippen LogP contribution in [0.3, 0.4) is 0 Å². The average Bonchev–Trinajstić information content (AvgIpc) is 2.64. The highest BCUT2D eigenvalue weighted by atomic mass is 32.2. The number of ether oxygens (including phenoxy) is 2. The number of fused-ring (bicyclic) bond motifs is 1. The largest absolute Gasteiger partial charge is 0.493 e. The van der Waals surface area contributed by atoms with E-state index in [1.54, 1.807) is 12.1 Å². The Balaban J connectivity index is 2.12. The fourth-order valence-electron chi connectivity index (χ4n) is 2.37. The van der Waals surface area contributed by atoms with Gasteiger partial charge in [0.1, 0.15) is 5.82 Å². The molecule has 0 aliphatic rings. The molecule has 0 unspecified atom stereocenters. The third-order valence-electron chi connectivity index (χ3n) is 3.62. The van der Waals surface area contributed by atoms with Gasteiger partial charge in [0, 0.05) is 22.4 Å². The maximum Gasteiger partial charge on any atom is 0.272 e. The van der Waals surface area contributed by atoms with Crippen LogP contribution < -0.4 is 9.47 Å². The summed E-state index contributed by atoms with van der Waals surface area (Å²) in [6, 6.07) is 6.34. The number of nitrogens with zero attached hydrogens (tertiary/aromatic N) is 2. The molecule has 0 atom stereocenters. The predicted molar refractivity (Wildman–Crippen MR) is 92.0 cm³/mol. The molecule has 2 aromatic carbocycles. The minimum absolute atomic E-state index is 0.0526.